The quantitative estimate of drug-likeness (QED) is 0.610. The zero-order valence-corrected chi connectivity index (χ0v) is 17.2. The van der Waals surface area contributed by atoms with Crippen molar-refractivity contribution in [1.29, 1.82) is 0 Å². The first-order chi connectivity index (χ1) is 14.0. The molecule has 1 aliphatic rings. The predicted octanol–water partition coefficient (Wildman–Crippen LogP) is 4.60. The molecule has 3 N–H and O–H groups in total. The fourth-order valence-electron chi connectivity index (χ4n) is 4.13. The van der Waals surface area contributed by atoms with Gasteiger partial charge in [-0.2, -0.15) is 0 Å². The Bertz CT molecular complexity index is 1100. The molecular formula is C24H27N3O2. The molecule has 0 fully saturated rings. The van der Waals surface area contributed by atoms with E-state index in [4.69, 9.17) is 0 Å². The Morgan fingerprint density at radius 2 is 1.86 bits per heavy atom. The van der Waals surface area contributed by atoms with Crippen molar-refractivity contribution in [2.45, 2.75) is 40.0 Å². The summed E-state index contributed by atoms with van der Waals surface area (Å²) >= 11 is 0. The molecule has 4 rings (SSSR count). The van der Waals surface area contributed by atoms with Crippen LogP contribution in [0.5, 0.6) is 0 Å². The van der Waals surface area contributed by atoms with Gasteiger partial charge in [0, 0.05) is 40.0 Å². The van der Waals surface area contributed by atoms with E-state index in [0.29, 0.717) is 29.3 Å². The number of nitrogens with one attached hydrogen (secondary N) is 3. The number of carbonyl (C=O) groups excluding carboxylic acids is 2. The van der Waals surface area contributed by atoms with E-state index >= 15 is 0 Å². The minimum Gasteiger partial charge on any atom is -0.358 e. The van der Waals surface area contributed by atoms with Gasteiger partial charge in [0.1, 0.15) is 0 Å². The minimum absolute atomic E-state index is 0.106. The number of benzene rings is 2. The average Bonchev–Trinajstić information content (AvgIpc) is 3.06. The lowest BCUT2D eigenvalue weighted by atomic mass is 9.87. The van der Waals surface area contributed by atoms with Crippen molar-refractivity contribution in [2.75, 3.05) is 11.9 Å². The maximum atomic E-state index is 12.9. The van der Waals surface area contributed by atoms with Gasteiger partial charge in [0.15, 0.2) is 0 Å². The van der Waals surface area contributed by atoms with E-state index in [-0.39, 0.29) is 11.8 Å². The number of hydrogen-bond donors (Lipinski definition) is 3. The van der Waals surface area contributed by atoms with Gasteiger partial charge in [0.25, 0.3) is 11.8 Å². The number of anilines is 1. The summed E-state index contributed by atoms with van der Waals surface area (Å²) in [7, 11) is 0. The molecule has 3 aromatic rings. The first kappa shape index (κ1) is 19.2. The largest absolute Gasteiger partial charge is 0.358 e. The third kappa shape index (κ3) is 3.77. The van der Waals surface area contributed by atoms with Crippen molar-refractivity contribution >= 4 is 28.4 Å². The van der Waals surface area contributed by atoms with Gasteiger partial charge in [-0.05, 0) is 86.6 Å². The van der Waals surface area contributed by atoms with E-state index < -0.39 is 0 Å². The highest BCUT2D eigenvalue weighted by atomic mass is 16.2. The molecule has 0 bridgehead atoms. The van der Waals surface area contributed by atoms with Crippen molar-refractivity contribution in [3.63, 3.8) is 0 Å². The monoisotopic (exact) mass is 389 g/mol. The lowest BCUT2D eigenvalue weighted by Gasteiger charge is -2.18. The van der Waals surface area contributed by atoms with E-state index in [1.165, 1.54) is 17.7 Å². The number of aromatic nitrogens is 1. The van der Waals surface area contributed by atoms with Crippen LogP contribution in [-0.4, -0.2) is 23.3 Å². The number of aromatic amines is 1. The van der Waals surface area contributed by atoms with Gasteiger partial charge in [-0.25, -0.2) is 0 Å². The molecule has 0 spiro atoms. The lowest BCUT2D eigenvalue weighted by Crippen LogP contribution is -2.22. The average molecular weight is 389 g/mol. The fourth-order valence-corrected chi connectivity index (χ4v) is 4.13. The summed E-state index contributed by atoms with van der Waals surface area (Å²) in [6.45, 7) is 6.65. The lowest BCUT2D eigenvalue weighted by molar-refractivity contribution is 0.0955. The molecule has 0 saturated carbocycles. The highest BCUT2D eigenvalue weighted by Crippen LogP contribution is 2.32. The topological polar surface area (TPSA) is 74.0 Å². The van der Waals surface area contributed by atoms with Gasteiger partial charge in [0.2, 0.25) is 0 Å². The van der Waals surface area contributed by atoms with Crippen molar-refractivity contribution < 1.29 is 9.59 Å². The van der Waals surface area contributed by atoms with Crippen LogP contribution in [0.4, 0.5) is 5.69 Å². The number of aryl methyl sites for hydroxylation is 2. The van der Waals surface area contributed by atoms with Crippen LogP contribution in [0.15, 0.2) is 36.4 Å². The first-order valence-electron chi connectivity index (χ1n) is 10.3. The summed E-state index contributed by atoms with van der Waals surface area (Å²) in [5, 5.41) is 6.93. The van der Waals surface area contributed by atoms with Crippen molar-refractivity contribution in [2.24, 2.45) is 5.92 Å². The number of fused-ring (bicyclic) bond motifs is 3. The minimum atomic E-state index is -0.139. The predicted molar refractivity (Wildman–Crippen MR) is 117 cm³/mol. The molecule has 2 amide bonds. The van der Waals surface area contributed by atoms with Crippen molar-refractivity contribution in [3.05, 3.63) is 64.3 Å². The Balaban J connectivity index is 1.58. The van der Waals surface area contributed by atoms with Gasteiger partial charge in [0.05, 0.1) is 0 Å². The Kier molecular flexibility index (Phi) is 5.14. The van der Waals surface area contributed by atoms with Crippen molar-refractivity contribution in [3.8, 4) is 0 Å². The summed E-state index contributed by atoms with van der Waals surface area (Å²) in [5.74, 6) is 0.426. The van der Waals surface area contributed by atoms with E-state index in [9.17, 15) is 9.59 Å². The number of rotatable bonds is 4. The zero-order chi connectivity index (χ0) is 20.5. The van der Waals surface area contributed by atoms with Crippen LogP contribution in [0, 0.1) is 12.8 Å². The fraction of sp³-hybridized carbons (Fsp3) is 0.333. The van der Waals surface area contributed by atoms with Gasteiger partial charge >= 0.3 is 0 Å². The molecule has 1 unspecified atom stereocenters. The third-order valence-electron chi connectivity index (χ3n) is 5.77. The standard InChI is InChI=1S/C24H27N3O2/c1-4-25-23(28)16-6-9-20(15(3)12-16)27-24(29)17-7-10-22-19(13-17)18-11-14(2)5-8-21(18)26-22/h6-7,9-10,12-14,26H,4-5,8,11H2,1-3H3,(H,25,28)(H,27,29). The summed E-state index contributed by atoms with van der Waals surface area (Å²) in [6, 6.07) is 11.2. The van der Waals surface area contributed by atoms with Crippen LogP contribution in [-0.2, 0) is 12.8 Å². The number of hydrogen-bond acceptors (Lipinski definition) is 2. The molecule has 1 aromatic heterocycles. The van der Waals surface area contributed by atoms with Crippen LogP contribution in [0.1, 0.15) is 57.8 Å². The van der Waals surface area contributed by atoms with E-state index in [1.54, 1.807) is 18.2 Å². The summed E-state index contributed by atoms with van der Waals surface area (Å²) in [4.78, 5) is 28.4. The normalized spacial score (nSPS) is 15.8. The molecule has 5 nitrogen and oxygen atoms in total. The van der Waals surface area contributed by atoms with Gasteiger partial charge in [-0.1, -0.05) is 6.92 Å². The molecule has 0 aliphatic heterocycles. The number of amides is 2. The molecule has 0 radical (unpaired) electrons. The third-order valence-corrected chi connectivity index (χ3v) is 5.77. The molecule has 1 heterocycles. The van der Waals surface area contributed by atoms with Crippen LogP contribution < -0.4 is 10.6 Å². The second-order valence-electron chi connectivity index (χ2n) is 8.03. The number of carbonyl (C=O) groups is 2. The Hall–Kier alpha value is -3.08. The smallest absolute Gasteiger partial charge is 0.255 e. The summed E-state index contributed by atoms with van der Waals surface area (Å²) in [6.07, 6.45) is 3.34. The van der Waals surface area contributed by atoms with E-state index in [2.05, 4.69) is 22.5 Å². The zero-order valence-electron chi connectivity index (χ0n) is 17.2. The Morgan fingerprint density at radius 1 is 1.10 bits per heavy atom. The van der Waals surface area contributed by atoms with Crippen LogP contribution in [0.2, 0.25) is 0 Å². The van der Waals surface area contributed by atoms with Gasteiger partial charge in [-0.15, -0.1) is 0 Å². The Labute approximate surface area is 170 Å². The molecule has 150 valence electrons. The number of H-pyrrole nitrogens is 1. The van der Waals surface area contributed by atoms with Crippen LogP contribution >= 0.6 is 0 Å². The summed E-state index contributed by atoms with van der Waals surface area (Å²) < 4.78 is 0. The highest BCUT2D eigenvalue weighted by molar-refractivity contribution is 6.07. The summed E-state index contributed by atoms with van der Waals surface area (Å²) in [5.41, 5.74) is 6.58. The maximum Gasteiger partial charge on any atom is 0.255 e. The molecule has 1 atom stereocenters. The van der Waals surface area contributed by atoms with E-state index in [1.807, 2.05) is 32.0 Å². The highest BCUT2D eigenvalue weighted by Gasteiger charge is 2.20. The van der Waals surface area contributed by atoms with Crippen LogP contribution in [0.3, 0.4) is 0 Å². The van der Waals surface area contributed by atoms with E-state index in [0.717, 1.165) is 29.3 Å². The molecule has 5 heteroatoms. The first-order valence-corrected chi connectivity index (χ1v) is 10.3. The van der Waals surface area contributed by atoms with Gasteiger partial charge in [-0.3, -0.25) is 9.59 Å². The second-order valence-corrected chi connectivity index (χ2v) is 8.03. The molecule has 1 aliphatic carbocycles. The SMILES string of the molecule is CCNC(=O)c1ccc(NC(=O)c2ccc3[nH]c4c(c3c2)CC(C)CC4)c(C)c1. The molecular weight excluding hydrogens is 362 g/mol. The second kappa shape index (κ2) is 7.74. The maximum absolute atomic E-state index is 12.9. The molecule has 29 heavy (non-hydrogen) atoms. The van der Waals surface area contributed by atoms with Gasteiger partial charge < -0.3 is 15.6 Å². The molecule has 0 saturated heterocycles. The van der Waals surface area contributed by atoms with Crippen molar-refractivity contribution in [1.82, 2.24) is 10.3 Å². The Morgan fingerprint density at radius 3 is 2.62 bits per heavy atom. The molecule has 2 aromatic carbocycles. The van der Waals surface area contributed by atoms with Crippen LogP contribution in [0.25, 0.3) is 10.9 Å².